The maximum atomic E-state index is 12.8. The molecule has 1 aliphatic heterocycles. The van der Waals surface area contributed by atoms with Gasteiger partial charge in [0.1, 0.15) is 5.69 Å². The van der Waals surface area contributed by atoms with Gasteiger partial charge in [0.05, 0.1) is 5.92 Å². The van der Waals surface area contributed by atoms with Crippen molar-refractivity contribution in [1.29, 1.82) is 0 Å². The Balaban J connectivity index is 1.88. The quantitative estimate of drug-likeness (QED) is 0.891. The monoisotopic (exact) mass is 299 g/mol. The molecule has 1 aromatic carbocycles. The first-order valence-corrected chi connectivity index (χ1v) is 7.65. The second-order valence-corrected chi connectivity index (χ2v) is 6.26. The second-order valence-electron chi connectivity index (χ2n) is 6.26. The zero-order valence-electron chi connectivity index (χ0n) is 12.9. The molecule has 2 heterocycles. The molecule has 1 fully saturated rings. The molecular weight excluding hydrogens is 278 g/mol. The van der Waals surface area contributed by atoms with E-state index in [0.29, 0.717) is 12.2 Å². The van der Waals surface area contributed by atoms with Gasteiger partial charge in [-0.1, -0.05) is 12.1 Å². The summed E-state index contributed by atoms with van der Waals surface area (Å²) in [6.45, 7) is 4.44. The van der Waals surface area contributed by atoms with Gasteiger partial charge in [-0.15, -0.1) is 0 Å². The summed E-state index contributed by atoms with van der Waals surface area (Å²) in [5, 5.41) is 1.02. The summed E-state index contributed by atoms with van der Waals surface area (Å²) in [4.78, 5) is 29.1. The average molecular weight is 299 g/mol. The number of rotatable bonds is 2. The second kappa shape index (κ2) is 5.48. The molecule has 22 heavy (non-hydrogen) atoms. The molecule has 0 aliphatic carbocycles. The lowest BCUT2D eigenvalue weighted by Gasteiger charge is -2.36. The molecule has 0 spiro atoms. The first-order valence-electron chi connectivity index (χ1n) is 7.65. The number of nitrogens with two attached hydrogens (primary N) is 1. The third-order valence-corrected chi connectivity index (χ3v) is 4.55. The molecule has 2 aromatic rings. The minimum Gasteiger partial charge on any atom is -0.369 e. The number of primary amides is 1. The Kier molecular flexibility index (Phi) is 3.64. The highest BCUT2D eigenvalue weighted by molar-refractivity contribution is 5.98. The summed E-state index contributed by atoms with van der Waals surface area (Å²) in [6.07, 6.45) is 1.56. The molecule has 5 nitrogen and oxygen atoms in total. The first kappa shape index (κ1) is 14.6. The minimum atomic E-state index is -0.322. The van der Waals surface area contributed by atoms with E-state index in [-0.39, 0.29) is 23.8 Å². The van der Waals surface area contributed by atoms with Gasteiger partial charge in [0.2, 0.25) is 5.91 Å². The Morgan fingerprint density at radius 2 is 2.05 bits per heavy atom. The number of aryl methyl sites for hydroxylation is 1. The number of carbonyl (C=O) groups excluding carboxylic acids is 2. The van der Waals surface area contributed by atoms with Crippen molar-refractivity contribution in [3.8, 4) is 0 Å². The summed E-state index contributed by atoms with van der Waals surface area (Å²) in [7, 11) is 0. The highest BCUT2D eigenvalue weighted by Crippen LogP contribution is 2.25. The molecule has 1 aromatic heterocycles. The number of H-pyrrole nitrogens is 1. The number of likely N-dealkylation sites (tertiary alicyclic amines) is 1. The normalized spacial score (nSPS) is 22.0. The van der Waals surface area contributed by atoms with Crippen molar-refractivity contribution < 1.29 is 9.59 Å². The average Bonchev–Trinajstić information content (AvgIpc) is 2.89. The van der Waals surface area contributed by atoms with E-state index in [1.54, 1.807) is 4.90 Å². The van der Waals surface area contributed by atoms with Crippen molar-refractivity contribution in [3.05, 3.63) is 35.5 Å². The first-order chi connectivity index (χ1) is 10.5. The van der Waals surface area contributed by atoms with Gasteiger partial charge in [0.15, 0.2) is 0 Å². The summed E-state index contributed by atoms with van der Waals surface area (Å²) >= 11 is 0. The van der Waals surface area contributed by atoms with Crippen LogP contribution in [-0.4, -0.2) is 34.3 Å². The number of hydrogen-bond acceptors (Lipinski definition) is 2. The molecular formula is C17H21N3O2. The molecule has 5 heteroatoms. The Labute approximate surface area is 129 Å². The number of benzene rings is 1. The van der Waals surface area contributed by atoms with Crippen molar-refractivity contribution in [2.75, 3.05) is 6.54 Å². The molecule has 0 saturated carbocycles. The van der Waals surface area contributed by atoms with E-state index in [9.17, 15) is 9.59 Å². The Morgan fingerprint density at radius 3 is 2.77 bits per heavy atom. The van der Waals surface area contributed by atoms with Crippen LogP contribution in [0.15, 0.2) is 24.3 Å². The molecule has 0 radical (unpaired) electrons. The van der Waals surface area contributed by atoms with Crippen molar-refractivity contribution in [2.24, 2.45) is 11.7 Å². The van der Waals surface area contributed by atoms with Crippen LogP contribution >= 0.6 is 0 Å². The standard InChI is InChI=1S/C17H21N3O2/c1-10-3-5-12-8-15(19-14(12)7-10)17(22)20-9-13(16(18)21)6-4-11(20)2/h3,5,7-8,11,13,19H,4,6,9H2,1-2H3,(H2,18,21)/t11-,13-/m0/s1. The molecule has 0 bridgehead atoms. The topological polar surface area (TPSA) is 79.2 Å². The fraction of sp³-hybridized carbons (Fsp3) is 0.412. The van der Waals surface area contributed by atoms with Crippen molar-refractivity contribution in [3.63, 3.8) is 0 Å². The van der Waals surface area contributed by atoms with E-state index >= 15 is 0 Å². The molecule has 2 atom stereocenters. The van der Waals surface area contributed by atoms with E-state index in [0.717, 1.165) is 29.3 Å². The van der Waals surface area contributed by atoms with Crippen LogP contribution < -0.4 is 5.73 Å². The third-order valence-electron chi connectivity index (χ3n) is 4.55. The number of piperidine rings is 1. The number of aromatic nitrogens is 1. The lowest BCUT2D eigenvalue weighted by Crippen LogP contribution is -2.48. The van der Waals surface area contributed by atoms with Crippen molar-refractivity contribution >= 4 is 22.7 Å². The van der Waals surface area contributed by atoms with Crippen LogP contribution in [0.3, 0.4) is 0 Å². The van der Waals surface area contributed by atoms with Crippen molar-refractivity contribution in [1.82, 2.24) is 9.88 Å². The third kappa shape index (κ3) is 2.58. The van der Waals surface area contributed by atoms with Gasteiger partial charge in [-0.2, -0.15) is 0 Å². The van der Waals surface area contributed by atoms with Crippen LogP contribution in [0.25, 0.3) is 10.9 Å². The number of amides is 2. The summed E-state index contributed by atoms with van der Waals surface area (Å²) in [5.41, 5.74) is 8.08. The zero-order chi connectivity index (χ0) is 15.9. The number of fused-ring (bicyclic) bond motifs is 1. The molecule has 1 saturated heterocycles. The van der Waals surface area contributed by atoms with Crippen LogP contribution in [0.4, 0.5) is 0 Å². The van der Waals surface area contributed by atoms with Gasteiger partial charge in [-0.3, -0.25) is 9.59 Å². The highest BCUT2D eigenvalue weighted by Gasteiger charge is 2.32. The van der Waals surface area contributed by atoms with Gasteiger partial charge >= 0.3 is 0 Å². The van der Waals surface area contributed by atoms with Gasteiger partial charge in [0, 0.05) is 23.5 Å². The van der Waals surface area contributed by atoms with Crippen LogP contribution in [-0.2, 0) is 4.79 Å². The lowest BCUT2D eigenvalue weighted by molar-refractivity contribution is -0.123. The summed E-state index contributed by atoms with van der Waals surface area (Å²) in [5.74, 6) is -0.629. The molecule has 0 unspecified atom stereocenters. The van der Waals surface area contributed by atoms with E-state index in [2.05, 4.69) is 4.98 Å². The largest absolute Gasteiger partial charge is 0.369 e. The molecule has 116 valence electrons. The van der Waals surface area contributed by atoms with Gasteiger partial charge in [0.25, 0.3) is 5.91 Å². The SMILES string of the molecule is Cc1ccc2cc(C(=O)N3C[C@@H](C(N)=O)CC[C@@H]3C)[nH]c2c1. The number of nitrogens with zero attached hydrogens (tertiary/aromatic N) is 1. The highest BCUT2D eigenvalue weighted by atomic mass is 16.2. The van der Waals surface area contributed by atoms with E-state index in [1.165, 1.54) is 0 Å². The smallest absolute Gasteiger partial charge is 0.270 e. The number of carbonyl (C=O) groups is 2. The lowest BCUT2D eigenvalue weighted by atomic mass is 9.92. The summed E-state index contributed by atoms with van der Waals surface area (Å²) in [6, 6.07) is 8.05. The molecule has 3 rings (SSSR count). The van der Waals surface area contributed by atoms with Crippen LogP contribution in [0.5, 0.6) is 0 Å². The molecule has 3 N–H and O–H groups in total. The van der Waals surface area contributed by atoms with Gasteiger partial charge in [-0.25, -0.2) is 0 Å². The minimum absolute atomic E-state index is 0.0627. The number of aromatic amines is 1. The van der Waals surface area contributed by atoms with E-state index < -0.39 is 0 Å². The number of hydrogen-bond donors (Lipinski definition) is 2. The molecule has 2 amide bonds. The van der Waals surface area contributed by atoms with Crippen LogP contribution in [0, 0.1) is 12.8 Å². The van der Waals surface area contributed by atoms with Crippen LogP contribution in [0.1, 0.15) is 35.8 Å². The predicted molar refractivity (Wildman–Crippen MR) is 85.5 cm³/mol. The Bertz CT molecular complexity index is 735. The fourth-order valence-corrected chi connectivity index (χ4v) is 3.13. The number of nitrogens with one attached hydrogen (secondary N) is 1. The predicted octanol–water partition coefficient (Wildman–Crippen LogP) is 2.20. The van der Waals surface area contributed by atoms with Gasteiger partial charge < -0.3 is 15.6 Å². The maximum Gasteiger partial charge on any atom is 0.270 e. The fourth-order valence-electron chi connectivity index (χ4n) is 3.13. The van der Waals surface area contributed by atoms with Crippen LogP contribution in [0.2, 0.25) is 0 Å². The summed E-state index contributed by atoms with van der Waals surface area (Å²) < 4.78 is 0. The molecule has 1 aliphatic rings. The Morgan fingerprint density at radius 1 is 1.27 bits per heavy atom. The maximum absolute atomic E-state index is 12.8. The Hall–Kier alpha value is -2.30. The zero-order valence-corrected chi connectivity index (χ0v) is 12.9. The van der Waals surface area contributed by atoms with E-state index in [1.807, 2.05) is 38.1 Å². The van der Waals surface area contributed by atoms with E-state index in [4.69, 9.17) is 5.73 Å². The van der Waals surface area contributed by atoms with Crippen molar-refractivity contribution in [2.45, 2.75) is 32.7 Å². The van der Waals surface area contributed by atoms with Gasteiger partial charge in [-0.05, 0) is 44.4 Å².